The number of aliphatic hydroxyl groups is 1. The number of unbranched alkanes of at least 4 members (excludes halogenated alkanes) is 33. The van der Waals surface area contributed by atoms with Crippen LogP contribution in [0.15, 0.2) is 0 Å². The van der Waals surface area contributed by atoms with Crippen molar-refractivity contribution < 1.29 is 32.9 Å². The molecule has 2 N–H and O–H groups in total. The van der Waals surface area contributed by atoms with Crippen LogP contribution in [0.2, 0.25) is 0 Å². The molecule has 0 rings (SSSR count). The summed E-state index contributed by atoms with van der Waals surface area (Å²) >= 11 is 0. The molecule has 3 unspecified atom stereocenters. The summed E-state index contributed by atoms with van der Waals surface area (Å²) in [5.41, 5.74) is 0. The Hall–Kier alpha value is -0.500. The van der Waals surface area contributed by atoms with E-state index in [1.54, 1.807) is 0 Å². The molecule has 57 heavy (non-hydrogen) atoms. The van der Waals surface area contributed by atoms with Gasteiger partial charge in [-0.2, -0.15) is 0 Å². The molecular formula is C48H99N2O6P. The lowest BCUT2D eigenvalue weighted by Gasteiger charge is -2.30. The zero-order valence-corrected chi connectivity index (χ0v) is 39.7. The van der Waals surface area contributed by atoms with Gasteiger partial charge in [-0.25, -0.2) is 0 Å². The molecule has 0 aliphatic rings. The van der Waals surface area contributed by atoms with Crippen molar-refractivity contribution in [1.29, 1.82) is 0 Å². The summed E-state index contributed by atoms with van der Waals surface area (Å²) in [7, 11) is 1.32. The van der Waals surface area contributed by atoms with Crippen LogP contribution in [-0.4, -0.2) is 68.5 Å². The molecule has 0 aromatic carbocycles. The lowest BCUT2D eigenvalue weighted by atomic mass is 10.0. The molecule has 0 saturated carbocycles. The number of likely N-dealkylation sites (N-methyl/N-ethyl adjacent to an activating group) is 1. The molecule has 0 saturated heterocycles. The van der Waals surface area contributed by atoms with Gasteiger partial charge >= 0.3 is 0 Å². The van der Waals surface area contributed by atoms with E-state index in [1.807, 2.05) is 21.1 Å². The molecule has 3 atom stereocenters. The van der Waals surface area contributed by atoms with Gasteiger partial charge in [0.1, 0.15) is 13.2 Å². The lowest BCUT2D eigenvalue weighted by Crippen LogP contribution is -2.46. The van der Waals surface area contributed by atoms with E-state index in [2.05, 4.69) is 19.2 Å². The topological polar surface area (TPSA) is 108 Å². The Balaban J connectivity index is 3.94. The van der Waals surface area contributed by atoms with E-state index in [-0.39, 0.29) is 19.1 Å². The number of amides is 1. The van der Waals surface area contributed by atoms with Gasteiger partial charge in [0.15, 0.2) is 0 Å². The van der Waals surface area contributed by atoms with Gasteiger partial charge in [-0.3, -0.25) is 9.36 Å². The summed E-state index contributed by atoms with van der Waals surface area (Å²) in [4.78, 5) is 25.2. The average Bonchev–Trinajstić information content (AvgIpc) is 3.16. The van der Waals surface area contributed by atoms with Crippen LogP contribution >= 0.6 is 7.82 Å². The van der Waals surface area contributed by atoms with E-state index < -0.39 is 20.0 Å². The van der Waals surface area contributed by atoms with Gasteiger partial charge in [0.2, 0.25) is 5.91 Å². The van der Waals surface area contributed by atoms with Gasteiger partial charge in [-0.15, -0.1) is 0 Å². The number of rotatable bonds is 46. The minimum Gasteiger partial charge on any atom is -0.756 e. The van der Waals surface area contributed by atoms with Crippen molar-refractivity contribution in [2.75, 3.05) is 40.9 Å². The second-order valence-electron chi connectivity index (χ2n) is 18.5. The third kappa shape index (κ3) is 43.4. The standard InChI is InChI=1S/C48H99N2O6P/c1-6-8-10-12-14-15-16-17-18-19-20-21-22-23-24-25-26-27-28-29-30-31-32-33-34-36-37-39-41-47(51)46(45-56-57(53,54)55-44-43-50(3,4)5)49-48(52)42-40-38-35-13-11-9-7-2/h46-47,51H,6-45H2,1-5H3,(H-,49,52,53,54). The molecule has 1 amide bonds. The predicted molar refractivity (Wildman–Crippen MR) is 243 cm³/mol. The van der Waals surface area contributed by atoms with Crippen LogP contribution in [-0.2, 0) is 18.4 Å². The van der Waals surface area contributed by atoms with Gasteiger partial charge in [0.05, 0.1) is 39.9 Å². The number of phosphoric ester groups is 1. The van der Waals surface area contributed by atoms with E-state index in [1.165, 1.54) is 186 Å². The Labute approximate surface area is 355 Å². The molecule has 0 fully saturated rings. The maximum atomic E-state index is 12.7. The highest BCUT2D eigenvalue weighted by molar-refractivity contribution is 7.45. The van der Waals surface area contributed by atoms with Gasteiger partial charge in [-0.1, -0.05) is 232 Å². The van der Waals surface area contributed by atoms with E-state index in [0.29, 0.717) is 23.9 Å². The summed E-state index contributed by atoms with van der Waals surface area (Å²) in [6.07, 6.45) is 45.8. The Morgan fingerprint density at radius 1 is 0.544 bits per heavy atom. The Morgan fingerprint density at radius 2 is 0.860 bits per heavy atom. The maximum absolute atomic E-state index is 12.7. The highest BCUT2D eigenvalue weighted by atomic mass is 31.2. The fourth-order valence-electron chi connectivity index (χ4n) is 7.63. The van der Waals surface area contributed by atoms with Crippen molar-refractivity contribution >= 4 is 13.7 Å². The molecule has 8 nitrogen and oxygen atoms in total. The number of phosphoric acid groups is 1. The first-order chi connectivity index (χ1) is 27.5. The highest BCUT2D eigenvalue weighted by Gasteiger charge is 2.24. The van der Waals surface area contributed by atoms with Crippen LogP contribution in [0.1, 0.15) is 251 Å². The van der Waals surface area contributed by atoms with Gasteiger partial charge < -0.3 is 28.8 Å². The van der Waals surface area contributed by atoms with Gasteiger partial charge in [0, 0.05) is 6.42 Å². The maximum Gasteiger partial charge on any atom is 0.268 e. The lowest BCUT2D eigenvalue weighted by molar-refractivity contribution is -0.870. The zero-order chi connectivity index (χ0) is 42.1. The van der Waals surface area contributed by atoms with Crippen LogP contribution in [0.25, 0.3) is 0 Å². The number of hydrogen-bond acceptors (Lipinski definition) is 6. The SMILES string of the molecule is CCCCCCCCCCCCCCCCCCCCCCCCCCCCCCC(O)C(COP(=O)([O-])OCC[N+](C)(C)C)NC(=O)CCCCCCCCC. The number of nitrogens with one attached hydrogen (secondary N) is 1. The number of hydrogen-bond donors (Lipinski definition) is 2. The van der Waals surface area contributed by atoms with Crippen molar-refractivity contribution in [3.63, 3.8) is 0 Å². The van der Waals surface area contributed by atoms with E-state index in [4.69, 9.17) is 9.05 Å². The van der Waals surface area contributed by atoms with Crippen molar-refractivity contribution in [2.24, 2.45) is 0 Å². The molecule has 342 valence electrons. The molecule has 0 radical (unpaired) electrons. The van der Waals surface area contributed by atoms with E-state index in [9.17, 15) is 19.4 Å². The smallest absolute Gasteiger partial charge is 0.268 e. The number of nitrogens with zero attached hydrogens (tertiary/aromatic N) is 1. The van der Waals surface area contributed by atoms with E-state index >= 15 is 0 Å². The first kappa shape index (κ1) is 56.5. The molecule has 0 aliphatic heterocycles. The summed E-state index contributed by atoms with van der Waals surface area (Å²) in [6, 6.07) is -0.791. The molecule has 0 aliphatic carbocycles. The van der Waals surface area contributed by atoms with Crippen LogP contribution in [0.5, 0.6) is 0 Å². The second-order valence-corrected chi connectivity index (χ2v) is 19.9. The predicted octanol–water partition coefficient (Wildman–Crippen LogP) is 13.5. The minimum absolute atomic E-state index is 0.0156. The number of quaternary nitrogens is 1. The quantitative estimate of drug-likeness (QED) is 0.0359. The first-order valence-corrected chi connectivity index (χ1v) is 26.3. The van der Waals surface area contributed by atoms with Gasteiger partial charge in [0.25, 0.3) is 7.82 Å². The molecule has 0 bridgehead atoms. The normalized spacial score (nSPS) is 14.2. The fourth-order valence-corrected chi connectivity index (χ4v) is 8.35. The van der Waals surface area contributed by atoms with Crippen molar-refractivity contribution in [3.05, 3.63) is 0 Å². The molecule has 0 spiro atoms. The van der Waals surface area contributed by atoms with Crippen LogP contribution in [0.3, 0.4) is 0 Å². The van der Waals surface area contributed by atoms with Crippen molar-refractivity contribution in [1.82, 2.24) is 5.32 Å². The summed E-state index contributed by atoms with van der Waals surface area (Å²) in [5, 5.41) is 13.9. The number of aliphatic hydroxyl groups excluding tert-OH is 1. The van der Waals surface area contributed by atoms with Crippen LogP contribution in [0.4, 0.5) is 0 Å². The van der Waals surface area contributed by atoms with Crippen LogP contribution in [0, 0.1) is 0 Å². The van der Waals surface area contributed by atoms with Crippen LogP contribution < -0.4 is 10.2 Å². The number of carbonyl (C=O) groups excluding carboxylic acids is 1. The molecular weight excluding hydrogens is 732 g/mol. The summed E-state index contributed by atoms with van der Waals surface area (Å²) in [6.45, 7) is 4.70. The summed E-state index contributed by atoms with van der Waals surface area (Å²) in [5.74, 6) is -0.168. The molecule has 0 aromatic heterocycles. The number of carbonyl (C=O) groups is 1. The zero-order valence-electron chi connectivity index (χ0n) is 38.8. The third-order valence-electron chi connectivity index (χ3n) is 11.6. The average molecular weight is 831 g/mol. The molecule has 0 heterocycles. The van der Waals surface area contributed by atoms with Crippen molar-refractivity contribution in [2.45, 2.75) is 264 Å². The second kappa shape index (κ2) is 40.9. The summed E-state index contributed by atoms with van der Waals surface area (Å²) < 4.78 is 23.2. The third-order valence-corrected chi connectivity index (χ3v) is 12.6. The van der Waals surface area contributed by atoms with Gasteiger partial charge in [-0.05, 0) is 12.8 Å². The highest BCUT2D eigenvalue weighted by Crippen LogP contribution is 2.38. The Morgan fingerprint density at radius 3 is 1.19 bits per heavy atom. The Kier molecular flexibility index (Phi) is 40.5. The van der Waals surface area contributed by atoms with Crippen molar-refractivity contribution in [3.8, 4) is 0 Å². The fraction of sp³-hybridized carbons (Fsp3) is 0.979. The largest absolute Gasteiger partial charge is 0.756 e. The monoisotopic (exact) mass is 831 g/mol. The van der Waals surface area contributed by atoms with E-state index in [0.717, 1.165) is 38.5 Å². The molecule has 0 aromatic rings. The first-order valence-electron chi connectivity index (χ1n) is 24.9. The Bertz CT molecular complexity index is 901. The minimum atomic E-state index is -4.55. The molecule has 9 heteroatoms.